The Morgan fingerprint density at radius 1 is 1.12 bits per heavy atom. The van der Waals surface area contributed by atoms with Crippen LogP contribution in [0.1, 0.15) is 15.9 Å². The van der Waals surface area contributed by atoms with Crippen LogP contribution in [-0.4, -0.2) is 32.8 Å². The van der Waals surface area contributed by atoms with E-state index in [1.807, 2.05) is 42.5 Å². The van der Waals surface area contributed by atoms with Crippen LogP contribution in [0.3, 0.4) is 0 Å². The molecule has 0 amide bonds. The third kappa shape index (κ3) is 5.19. The lowest BCUT2D eigenvalue weighted by molar-refractivity contribution is 0.0957. The predicted molar refractivity (Wildman–Crippen MR) is 125 cm³/mol. The molecule has 2 heterocycles. The summed E-state index contributed by atoms with van der Waals surface area (Å²) in [6.07, 6.45) is 6.48. The number of halogens is 1. The molecule has 0 radical (unpaired) electrons. The first-order valence-corrected chi connectivity index (χ1v) is 10.2. The van der Waals surface area contributed by atoms with Crippen LogP contribution >= 0.6 is 11.6 Å². The van der Waals surface area contributed by atoms with Crippen LogP contribution in [0.4, 0.5) is 5.95 Å². The van der Waals surface area contributed by atoms with Crippen molar-refractivity contribution >= 4 is 29.5 Å². The van der Waals surface area contributed by atoms with Crippen LogP contribution in [0.15, 0.2) is 79.1 Å². The number of rotatable bonds is 7. The predicted octanol–water partition coefficient (Wildman–Crippen LogP) is 4.97. The smallest absolute Gasteiger partial charge is 0.274 e. The minimum Gasteiger partial charge on any atom is -0.497 e. The van der Waals surface area contributed by atoms with E-state index in [0.717, 1.165) is 16.9 Å². The molecule has 8 heteroatoms. The Balaban J connectivity index is 1.59. The Bertz CT molecular complexity index is 1220. The van der Waals surface area contributed by atoms with Crippen molar-refractivity contribution < 1.29 is 9.53 Å². The Labute approximate surface area is 190 Å². The zero-order valence-electron chi connectivity index (χ0n) is 17.3. The second-order valence-electron chi connectivity index (χ2n) is 6.84. The van der Waals surface area contributed by atoms with Crippen molar-refractivity contribution in [3.8, 4) is 17.1 Å². The van der Waals surface area contributed by atoms with Gasteiger partial charge in [0.05, 0.1) is 7.11 Å². The van der Waals surface area contributed by atoms with Gasteiger partial charge in [-0.1, -0.05) is 35.9 Å². The van der Waals surface area contributed by atoms with E-state index >= 15 is 0 Å². The fourth-order valence-corrected chi connectivity index (χ4v) is 3.06. The number of carbonyl (C=O) groups is 1. The van der Waals surface area contributed by atoms with Crippen LogP contribution in [0.25, 0.3) is 17.5 Å². The molecule has 4 rings (SSSR count). The molecule has 0 saturated carbocycles. The zero-order valence-corrected chi connectivity index (χ0v) is 18.0. The van der Waals surface area contributed by atoms with Crippen molar-refractivity contribution in [3.05, 3.63) is 95.3 Å². The molecule has 0 aliphatic carbocycles. The van der Waals surface area contributed by atoms with Gasteiger partial charge in [-0.05, 0) is 53.6 Å². The molecule has 1 N–H and O–H groups in total. The standard InChI is InChI=1S/C24H20ClN5O2/c1-32-21-11-6-18(7-12-21)15-27-24-28-23(19-3-2-14-26-16-19)29-30(24)22(31)13-8-17-4-9-20(25)10-5-17/h2-14,16H,15H2,1H3,(H,27,28,29)/b13-8+. The van der Waals surface area contributed by atoms with Crippen LogP contribution in [0, 0.1) is 0 Å². The number of allylic oxidation sites excluding steroid dienone is 1. The van der Waals surface area contributed by atoms with Gasteiger partial charge in [0.15, 0.2) is 5.82 Å². The molecule has 7 nitrogen and oxygen atoms in total. The molecule has 0 unspecified atom stereocenters. The van der Waals surface area contributed by atoms with Gasteiger partial charge in [-0.15, -0.1) is 5.10 Å². The number of hydrogen-bond acceptors (Lipinski definition) is 6. The first kappa shape index (κ1) is 21.3. The van der Waals surface area contributed by atoms with Crippen molar-refractivity contribution in [3.63, 3.8) is 0 Å². The van der Waals surface area contributed by atoms with E-state index in [-0.39, 0.29) is 5.91 Å². The summed E-state index contributed by atoms with van der Waals surface area (Å²) < 4.78 is 6.44. The highest BCUT2D eigenvalue weighted by molar-refractivity contribution is 6.30. The number of carbonyl (C=O) groups excluding carboxylic acids is 1. The van der Waals surface area contributed by atoms with E-state index in [1.165, 1.54) is 10.8 Å². The van der Waals surface area contributed by atoms with Crippen molar-refractivity contribution in [2.45, 2.75) is 6.54 Å². The molecule has 2 aromatic carbocycles. The number of ether oxygens (including phenoxy) is 1. The molecule has 32 heavy (non-hydrogen) atoms. The third-order valence-electron chi connectivity index (χ3n) is 4.63. The number of aromatic nitrogens is 4. The van der Waals surface area contributed by atoms with Gasteiger partial charge in [-0.3, -0.25) is 9.78 Å². The number of nitrogens with zero attached hydrogens (tertiary/aromatic N) is 4. The molecule has 4 aromatic rings. The topological polar surface area (TPSA) is 81.9 Å². The fraction of sp³-hybridized carbons (Fsp3) is 0.0833. The van der Waals surface area contributed by atoms with E-state index < -0.39 is 0 Å². The van der Waals surface area contributed by atoms with E-state index in [1.54, 1.807) is 43.8 Å². The zero-order chi connectivity index (χ0) is 22.3. The largest absolute Gasteiger partial charge is 0.497 e. The summed E-state index contributed by atoms with van der Waals surface area (Å²) in [6.45, 7) is 0.462. The van der Waals surface area contributed by atoms with E-state index in [9.17, 15) is 4.79 Å². The average molecular weight is 446 g/mol. The van der Waals surface area contributed by atoms with Gasteiger partial charge in [0, 0.05) is 35.6 Å². The highest BCUT2D eigenvalue weighted by Crippen LogP contribution is 2.19. The van der Waals surface area contributed by atoms with Crippen LogP contribution < -0.4 is 10.1 Å². The highest BCUT2D eigenvalue weighted by Gasteiger charge is 2.16. The van der Waals surface area contributed by atoms with Crippen LogP contribution in [-0.2, 0) is 6.54 Å². The molecule has 0 aliphatic heterocycles. The summed E-state index contributed by atoms with van der Waals surface area (Å²) >= 11 is 5.92. The Morgan fingerprint density at radius 3 is 2.59 bits per heavy atom. The molecule has 0 bridgehead atoms. The highest BCUT2D eigenvalue weighted by atomic mass is 35.5. The maximum Gasteiger partial charge on any atom is 0.274 e. The quantitative estimate of drug-likeness (QED) is 0.404. The van der Waals surface area contributed by atoms with Gasteiger partial charge < -0.3 is 10.1 Å². The lowest BCUT2D eigenvalue weighted by Crippen LogP contribution is -2.14. The van der Waals surface area contributed by atoms with Gasteiger partial charge >= 0.3 is 0 Å². The summed E-state index contributed by atoms with van der Waals surface area (Å²) in [6, 6.07) is 18.5. The minimum absolute atomic E-state index is 0.333. The number of anilines is 1. The summed E-state index contributed by atoms with van der Waals surface area (Å²) in [5.74, 6) is 1.19. The molecule has 160 valence electrons. The van der Waals surface area contributed by atoms with Crippen molar-refractivity contribution in [2.24, 2.45) is 0 Å². The Kier molecular flexibility index (Phi) is 6.57. The molecule has 2 aromatic heterocycles. The first-order chi connectivity index (χ1) is 15.6. The number of nitrogens with one attached hydrogen (secondary N) is 1. The third-order valence-corrected chi connectivity index (χ3v) is 4.89. The van der Waals surface area contributed by atoms with E-state index in [2.05, 4.69) is 20.4 Å². The van der Waals surface area contributed by atoms with Gasteiger partial charge in [-0.2, -0.15) is 9.67 Å². The Morgan fingerprint density at radius 2 is 1.91 bits per heavy atom. The molecular formula is C24H20ClN5O2. The number of pyridine rings is 1. The Hall–Kier alpha value is -3.97. The maximum absolute atomic E-state index is 12.9. The maximum atomic E-state index is 12.9. The van der Waals surface area contributed by atoms with Gasteiger partial charge in [0.25, 0.3) is 5.91 Å². The second-order valence-corrected chi connectivity index (χ2v) is 7.27. The summed E-state index contributed by atoms with van der Waals surface area (Å²) in [4.78, 5) is 21.5. The molecular weight excluding hydrogens is 426 g/mol. The molecule has 0 saturated heterocycles. The van der Waals surface area contributed by atoms with Gasteiger partial charge in [0.2, 0.25) is 5.95 Å². The number of benzene rings is 2. The van der Waals surface area contributed by atoms with Crippen LogP contribution in [0.5, 0.6) is 5.75 Å². The summed E-state index contributed by atoms with van der Waals surface area (Å²) in [7, 11) is 1.62. The second kappa shape index (κ2) is 9.89. The van der Waals surface area contributed by atoms with E-state index in [0.29, 0.717) is 28.9 Å². The molecule has 0 atom stereocenters. The first-order valence-electron chi connectivity index (χ1n) is 9.84. The van der Waals surface area contributed by atoms with Crippen molar-refractivity contribution in [1.29, 1.82) is 0 Å². The summed E-state index contributed by atoms with van der Waals surface area (Å²) in [5.41, 5.74) is 2.57. The molecule has 0 aliphatic rings. The van der Waals surface area contributed by atoms with Gasteiger partial charge in [-0.25, -0.2) is 0 Å². The van der Waals surface area contributed by atoms with Crippen LogP contribution in [0.2, 0.25) is 5.02 Å². The van der Waals surface area contributed by atoms with Crippen molar-refractivity contribution in [2.75, 3.05) is 12.4 Å². The lowest BCUT2D eigenvalue weighted by Gasteiger charge is -2.07. The average Bonchev–Trinajstić information content (AvgIpc) is 3.27. The fourth-order valence-electron chi connectivity index (χ4n) is 2.93. The number of methoxy groups -OCH3 is 1. The molecule has 0 fully saturated rings. The normalized spacial score (nSPS) is 10.9. The lowest BCUT2D eigenvalue weighted by atomic mass is 10.2. The monoisotopic (exact) mass is 445 g/mol. The SMILES string of the molecule is COc1ccc(CNc2nc(-c3cccnc3)nn2C(=O)/C=C/c2ccc(Cl)cc2)cc1. The van der Waals surface area contributed by atoms with E-state index in [4.69, 9.17) is 16.3 Å². The summed E-state index contributed by atoms with van der Waals surface area (Å²) in [5, 5.41) is 8.24. The number of hydrogen-bond donors (Lipinski definition) is 1. The molecule has 0 spiro atoms. The van der Waals surface area contributed by atoms with Crippen molar-refractivity contribution in [1.82, 2.24) is 19.7 Å². The van der Waals surface area contributed by atoms with Gasteiger partial charge in [0.1, 0.15) is 5.75 Å². The minimum atomic E-state index is -0.333.